The molecule has 0 saturated carbocycles. The lowest BCUT2D eigenvalue weighted by Crippen LogP contribution is -2.33. The number of para-hydroxylation sites is 1. The van der Waals surface area contributed by atoms with Crippen LogP contribution in [-0.4, -0.2) is 19.5 Å². The molecule has 0 aromatic heterocycles. The smallest absolute Gasteiger partial charge is 0.508 e. The second-order valence-corrected chi connectivity index (χ2v) is 4.88. The molecule has 0 heterocycles. The molecule has 124 valence electrons. The second kappa shape index (κ2) is 8.37. The summed E-state index contributed by atoms with van der Waals surface area (Å²) in [4.78, 5) is 19.2. The maximum Gasteiger partial charge on any atom is 0.770 e. The molecular formula is C13H18BF3O5. The Bertz CT molecular complexity index is 442. The molecule has 0 spiro atoms. The fourth-order valence-corrected chi connectivity index (χ4v) is 1.28. The summed E-state index contributed by atoms with van der Waals surface area (Å²) < 4.78 is 43.8. The van der Waals surface area contributed by atoms with Gasteiger partial charge in [0.1, 0.15) is 5.75 Å². The van der Waals surface area contributed by atoms with Gasteiger partial charge in [0.25, 0.3) is 0 Å². The lowest BCUT2D eigenvalue weighted by molar-refractivity contribution is -0.318. The highest BCUT2D eigenvalue weighted by molar-refractivity contribution is 6.36. The minimum Gasteiger partial charge on any atom is -0.508 e. The van der Waals surface area contributed by atoms with Crippen molar-refractivity contribution in [2.24, 2.45) is 0 Å². The van der Waals surface area contributed by atoms with Gasteiger partial charge in [-0.3, -0.25) is 0 Å². The highest BCUT2D eigenvalue weighted by atomic mass is 19.4. The zero-order chi connectivity index (χ0) is 16.8. The summed E-state index contributed by atoms with van der Waals surface area (Å²) in [7, 11) is -1.60. The summed E-state index contributed by atoms with van der Waals surface area (Å²) in [6, 6.07) is 4.68. The molecule has 0 N–H and O–H groups in total. The molecule has 0 bridgehead atoms. The van der Waals surface area contributed by atoms with Crippen LogP contribution < -0.4 is 4.65 Å². The van der Waals surface area contributed by atoms with Gasteiger partial charge in [-0.05, 0) is 39.8 Å². The molecule has 0 saturated heterocycles. The van der Waals surface area contributed by atoms with Gasteiger partial charge >= 0.3 is 13.5 Å². The Morgan fingerprint density at radius 3 is 1.86 bits per heavy atom. The van der Waals surface area contributed by atoms with Gasteiger partial charge in [-0.15, -0.1) is 0 Å². The van der Waals surface area contributed by atoms with Crippen molar-refractivity contribution in [3.05, 3.63) is 29.8 Å². The molecule has 0 fully saturated rings. The number of rotatable bonds is 8. The lowest BCUT2D eigenvalue weighted by atomic mass is 10.1. The van der Waals surface area contributed by atoms with Gasteiger partial charge < -0.3 is 4.65 Å². The van der Waals surface area contributed by atoms with Gasteiger partial charge in [0, 0.05) is 0 Å². The van der Waals surface area contributed by atoms with Gasteiger partial charge in [-0.25, -0.2) is 19.4 Å². The van der Waals surface area contributed by atoms with Crippen LogP contribution in [0.1, 0.15) is 33.3 Å². The average molecular weight is 322 g/mol. The van der Waals surface area contributed by atoms with E-state index < -0.39 is 24.8 Å². The van der Waals surface area contributed by atoms with Gasteiger partial charge in [0.05, 0.1) is 17.8 Å². The Morgan fingerprint density at radius 2 is 1.41 bits per heavy atom. The fourth-order valence-electron chi connectivity index (χ4n) is 1.28. The van der Waals surface area contributed by atoms with Crippen LogP contribution in [0.4, 0.5) is 13.2 Å². The van der Waals surface area contributed by atoms with Crippen molar-refractivity contribution >= 4 is 7.32 Å². The molecule has 0 aliphatic carbocycles. The molecule has 0 radical (unpaired) electrons. The van der Waals surface area contributed by atoms with Crippen LogP contribution in [0.3, 0.4) is 0 Å². The van der Waals surface area contributed by atoms with Crippen molar-refractivity contribution in [1.82, 2.24) is 0 Å². The molecule has 0 aliphatic heterocycles. The Balaban J connectivity index is 2.84. The van der Waals surface area contributed by atoms with Crippen molar-refractivity contribution < 1.29 is 37.2 Å². The predicted molar refractivity (Wildman–Crippen MR) is 72.4 cm³/mol. The lowest BCUT2D eigenvalue weighted by Gasteiger charge is -2.18. The van der Waals surface area contributed by atoms with E-state index in [4.69, 9.17) is 24.0 Å². The maximum atomic E-state index is 12.9. The summed E-state index contributed by atoms with van der Waals surface area (Å²) in [6.45, 7) is 6.68. The van der Waals surface area contributed by atoms with Crippen LogP contribution >= 0.6 is 0 Å². The maximum absolute atomic E-state index is 12.9. The molecule has 9 heteroatoms. The summed E-state index contributed by atoms with van der Waals surface area (Å²) >= 11 is 0. The monoisotopic (exact) mass is 322 g/mol. The number of hydrogen-bond acceptors (Lipinski definition) is 5. The van der Waals surface area contributed by atoms with Crippen LogP contribution in [0, 0.1) is 0 Å². The van der Waals surface area contributed by atoms with E-state index in [2.05, 4.69) is 0 Å². The molecular weight excluding hydrogens is 304 g/mol. The van der Waals surface area contributed by atoms with E-state index >= 15 is 0 Å². The van der Waals surface area contributed by atoms with E-state index in [1.165, 1.54) is 12.1 Å². The molecule has 1 rings (SSSR count). The van der Waals surface area contributed by atoms with Crippen LogP contribution in [0.2, 0.25) is 0 Å². The van der Waals surface area contributed by atoms with E-state index in [-0.39, 0.29) is 12.2 Å². The number of benzene rings is 1. The average Bonchev–Trinajstić information content (AvgIpc) is 2.41. The van der Waals surface area contributed by atoms with Crippen LogP contribution in [0.5, 0.6) is 5.75 Å². The van der Waals surface area contributed by atoms with E-state index in [1.54, 1.807) is 27.7 Å². The summed E-state index contributed by atoms with van der Waals surface area (Å²) in [5.74, 6) is -0.459. The highest BCUT2D eigenvalue weighted by Gasteiger charge is 2.37. The normalized spacial score (nSPS) is 12.0. The zero-order valence-electron chi connectivity index (χ0n) is 12.7. The van der Waals surface area contributed by atoms with Crippen LogP contribution in [-0.2, 0) is 25.6 Å². The number of hydrogen-bond donors (Lipinski definition) is 0. The first kappa shape index (κ1) is 18.8. The fraction of sp³-hybridized carbons (Fsp3) is 0.538. The van der Waals surface area contributed by atoms with Crippen molar-refractivity contribution in [2.75, 3.05) is 0 Å². The molecule has 0 amide bonds. The van der Waals surface area contributed by atoms with Gasteiger partial charge in [0.2, 0.25) is 0 Å². The van der Waals surface area contributed by atoms with Crippen molar-refractivity contribution in [2.45, 2.75) is 46.1 Å². The number of alkyl halides is 3. The van der Waals surface area contributed by atoms with Crippen molar-refractivity contribution in [3.63, 3.8) is 0 Å². The molecule has 0 aliphatic rings. The highest BCUT2D eigenvalue weighted by Crippen LogP contribution is 2.36. The van der Waals surface area contributed by atoms with Crippen LogP contribution in [0.25, 0.3) is 0 Å². The largest absolute Gasteiger partial charge is 0.770 e. The van der Waals surface area contributed by atoms with E-state index in [0.29, 0.717) is 0 Å². The molecule has 1 aromatic carbocycles. The van der Waals surface area contributed by atoms with Crippen molar-refractivity contribution in [3.8, 4) is 5.75 Å². The minimum atomic E-state index is -4.57. The molecule has 0 unspecified atom stereocenters. The first-order valence-corrected chi connectivity index (χ1v) is 6.67. The van der Waals surface area contributed by atoms with E-state index in [9.17, 15) is 13.2 Å². The number of halogens is 3. The van der Waals surface area contributed by atoms with Gasteiger partial charge in [0.15, 0.2) is 0 Å². The Morgan fingerprint density at radius 1 is 0.909 bits per heavy atom. The minimum absolute atomic E-state index is 0.341. The first-order chi connectivity index (χ1) is 10.2. The van der Waals surface area contributed by atoms with Crippen LogP contribution in [0.15, 0.2) is 24.3 Å². The molecule has 0 atom stereocenters. The quantitative estimate of drug-likeness (QED) is 0.414. The predicted octanol–water partition coefficient (Wildman–Crippen LogP) is 3.78. The third-order valence-corrected chi connectivity index (χ3v) is 2.07. The summed E-state index contributed by atoms with van der Waals surface area (Å²) in [5, 5.41) is 0. The zero-order valence-corrected chi connectivity index (χ0v) is 12.7. The topological polar surface area (TPSA) is 46.2 Å². The van der Waals surface area contributed by atoms with Gasteiger partial charge in [-0.1, -0.05) is 12.1 Å². The molecule has 1 aromatic rings. The van der Waals surface area contributed by atoms with E-state index in [1.807, 2.05) is 0 Å². The Kier molecular flexibility index (Phi) is 7.14. The standard InChI is InChI=1S/C13H18BF3O5/c1-9(2)19-21-14(22-20-10(3)4)18-12-8-6-5-7-11(12)13(15,16)17/h5-10H,1-4H3. The summed E-state index contributed by atoms with van der Waals surface area (Å²) in [6.07, 6.45) is -5.25. The SMILES string of the molecule is CC(C)OOB(OOC(C)C)Oc1ccccc1C(F)(F)F. The second-order valence-electron chi connectivity index (χ2n) is 4.88. The van der Waals surface area contributed by atoms with Gasteiger partial charge in [-0.2, -0.15) is 13.2 Å². The molecule has 22 heavy (non-hydrogen) atoms. The van der Waals surface area contributed by atoms with Crippen molar-refractivity contribution in [1.29, 1.82) is 0 Å². The Hall–Kier alpha value is -1.29. The third kappa shape index (κ3) is 6.65. The molecule has 5 nitrogen and oxygen atoms in total. The summed E-state index contributed by atoms with van der Waals surface area (Å²) in [5.41, 5.74) is -0.957. The third-order valence-electron chi connectivity index (χ3n) is 2.07. The first-order valence-electron chi connectivity index (χ1n) is 6.67. The van der Waals surface area contributed by atoms with E-state index in [0.717, 1.165) is 12.1 Å². The Labute approximate surface area is 127 Å².